The molecule has 0 aliphatic carbocycles. The highest BCUT2D eigenvalue weighted by atomic mass is 32.2. The van der Waals surface area contributed by atoms with E-state index >= 15 is 0 Å². The van der Waals surface area contributed by atoms with Gasteiger partial charge in [0.1, 0.15) is 0 Å². The summed E-state index contributed by atoms with van der Waals surface area (Å²) in [5.74, 6) is 1.07. The molecule has 3 rings (SSSR count). The van der Waals surface area contributed by atoms with Gasteiger partial charge in [0.25, 0.3) is 0 Å². The molecule has 8 nitrogen and oxygen atoms in total. The third-order valence-corrected chi connectivity index (χ3v) is 6.76. The van der Waals surface area contributed by atoms with Crippen molar-refractivity contribution in [2.45, 2.75) is 11.3 Å². The summed E-state index contributed by atoms with van der Waals surface area (Å²) in [6.45, 7) is 4.13. The minimum absolute atomic E-state index is 0.223. The lowest BCUT2D eigenvalue weighted by Crippen LogP contribution is -2.53. The zero-order valence-corrected chi connectivity index (χ0v) is 17.0. The molecule has 0 atom stereocenters. The van der Waals surface area contributed by atoms with Crippen molar-refractivity contribution in [3.63, 3.8) is 0 Å². The topological polar surface area (TPSA) is 80.3 Å². The number of nitrogens with one attached hydrogen (secondary N) is 1. The van der Waals surface area contributed by atoms with Crippen LogP contribution in [0.15, 0.2) is 23.1 Å². The fourth-order valence-electron chi connectivity index (χ4n) is 2.96. The van der Waals surface area contributed by atoms with Gasteiger partial charge in [0.05, 0.1) is 24.7 Å². The minimum Gasteiger partial charge on any atom is -0.490 e. The molecule has 0 spiro atoms. The number of hydrogen-bond acceptors (Lipinski definition) is 6. The Morgan fingerprint density at radius 2 is 1.89 bits per heavy atom. The molecule has 1 fully saturated rings. The van der Waals surface area contributed by atoms with Crippen molar-refractivity contribution < 1.29 is 22.6 Å². The summed E-state index contributed by atoms with van der Waals surface area (Å²) < 4.78 is 43.6. The number of piperazine rings is 1. The molecule has 0 saturated carbocycles. The van der Waals surface area contributed by atoms with Gasteiger partial charge in [-0.2, -0.15) is 4.31 Å². The predicted molar refractivity (Wildman–Crippen MR) is 105 cm³/mol. The molecule has 0 radical (unpaired) electrons. The van der Waals surface area contributed by atoms with Gasteiger partial charge in [-0.15, -0.1) is 0 Å². The summed E-state index contributed by atoms with van der Waals surface area (Å²) in [6, 6.07) is 4.80. The van der Waals surface area contributed by atoms with Crippen LogP contribution in [0.1, 0.15) is 6.42 Å². The van der Waals surface area contributed by atoms with Crippen LogP contribution in [0.5, 0.6) is 11.5 Å². The Kier molecular flexibility index (Phi) is 6.74. The van der Waals surface area contributed by atoms with Crippen LogP contribution >= 0.6 is 12.2 Å². The first kappa shape index (κ1) is 20.1. The first-order valence-electron chi connectivity index (χ1n) is 8.94. The Balaban J connectivity index is 1.63. The lowest BCUT2D eigenvalue weighted by atomic mass is 10.3. The van der Waals surface area contributed by atoms with Crippen molar-refractivity contribution in [2.24, 2.45) is 0 Å². The molecular formula is C17H25N3O5S2. The van der Waals surface area contributed by atoms with Crippen molar-refractivity contribution in [1.29, 1.82) is 0 Å². The summed E-state index contributed by atoms with van der Waals surface area (Å²) in [6.07, 6.45) is 0.775. The standard InChI is InChI=1S/C17H25N3O5S2/c1-23-12-5-18-17(26)19-6-8-20(9-7-19)27(21,22)14-3-4-15-16(13-14)25-11-2-10-24-15/h3-4,13H,2,5-12H2,1H3,(H,18,26). The van der Waals surface area contributed by atoms with Crippen LogP contribution in [0.3, 0.4) is 0 Å². The van der Waals surface area contributed by atoms with E-state index in [2.05, 4.69) is 5.32 Å². The molecule has 10 heteroatoms. The smallest absolute Gasteiger partial charge is 0.243 e. The number of benzene rings is 1. The van der Waals surface area contributed by atoms with Crippen LogP contribution in [-0.4, -0.2) is 82.4 Å². The van der Waals surface area contributed by atoms with E-state index in [0.717, 1.165) is 6.42 Å². The Bertz CT molecular complexity index is 764. The van der Waals surface area contributed by atoms with Gasteiger partial charge in [-0.3, -0.25) is 0 Å². The van der Waals surface area contributed by atoms with Crippen LogP contribution in [-0.2, 0) is 14.8 Å². The molecule has 2 aliphatic heterocycles. The molecule has 0 amide bonds. The number of methoxy groups -OCH3 is 1. The van der Waals surface area contributed by atoms with Crippen LogP contribution in [0, 0.1) is 0 Å². The zero-order valence-electron chi connectivity index (χ0n) is 15.3. The monoisotopic (exact) mass is 415 g/mol. The Morgan fingerprint density at radius 1 is 1.19 bits per heavy atom. The van der Waals surface area contributed by atoms with E-state index in [1.807, 2.05) is 4.90 Å². The number of thiocarbonyl (C=S) groups is 1. The van der Waals surface area contributed by atoms with Crippen LogP contribution in [0.25, 0.3) is 0 Å². The van der Waals surface area contributed by atoms with Gasteiger partial charge in [-0.1, -0.05) is 0 Å². The number of rotatable bonds is 5. The summed E-state index contributed by atoms with van der Waals surface area (Å²) in [5.41, 5.74) is 0. The van der Waals surface area contributed by atoms with Gasteiger partial charge in [0.15, 0.2) is 16.6 Å². The largest absolute Gasteiger partial charge is 0.490 e. The van der Waals surface area contributed by atoms with Crippen LogP contribution in [0.2, 0.25) is 0 Å². The van der Waals surface area contributed by atoms with Gasteiger partial charge in [0, 0.05) is 52.3 Å². The molecule has 1 N–H and O–H groups in total. The van der Waals surface area contributed by atoms with E-state index in [1.54, 1.807) is 25.3 Å². The van der Waals surface area contributed by atoms with E-state index in [9.17, 15) is 8.42 Å². The van der Waals surface area contributed by atoms with E-state index in [1.165, 1.54) is 4.31 Å². The molecule has 2 aliphatic rings. The summed E-state index contributed by atoms with van der Waals surface area (Å²) in [5, 5.41) is 3.74. The normalized spacial score (nSPS) is 18.0. The maximum absolute atomic E-state index is 13.0. The number of ether oxygens (including phenoxy) is 3. The second-order valence-corrected chi connectivity index (χ2v) is 8.60. The summed E-state index contributed by atoms with van der Waals surface area (Å²) in [7, 11) is -1.96. The first-order chi connectivity index (χ1) is 13.0. The number of nitrogens with zero attached hydrogens (tertiary/aromatic N) is 2. The van der Waals surface area contributed by atoms with Gasteiger partial charge in [0.2, 0.25) is 10.0 Å². The number of hydrogen-bond donors (Lipinski definition) is 1. The molecule has 0 aromatic heterocycles. The van der Waals surface area contributed by atoms with Crippen molar-refractivity contribution >= 4 is 27.4 Å². The highest BCUT2D eigenvalue weighted by Crippen LogP contribution is 2.33. The predicted octanol–water partition coefficient (Wildman–Crippen LogP) is 0.675. The van der Waals surface area contributed by atoms with Gasteiger partial charge < -0.3 is 24.4 Å². The quantitative estimate of drug-likeness (QED) is 0.555. The molecule has 1 aromatic rings. The lowest BCUT2D eigenvalue weighted by Gasteiger charge is -2.35. The van der Waals surface area contributed by atoms with Crippen LogP contribution in [0.4, 0.5) is 0 Å². The fraction of sp³-hybridized carbons (Fsp3) is 0.588. The molecule has 0 bridgehead atoms. The van der Waals surface area contributed by atoms with E-state index in [0.29, 0.717) is 69.2 Å². The number of sulfonamides is 1. The molecule has 2 heterocycles. The van der Waals surface area contributed by atoms with E-state index in [-0.39, 0.29) is 4.90 Å². The number of fused-ring (bicyclic) bond motifs is 1. The highest BCUT2D eigenvalue weighted by Gasteiger charge is 2.30. The maximum Gasteiger partial charge on any atom is 0.243 e. The molecule has 0 unspecified atom stereocenters. The SMILES string of the molecule is COCCNC(=S)N1CCN(S(=O)(=O)c2ccc3c(c2)OCCCO3)CC1. The molecule has 1 saturated heterocycles. The fourth-order valence-corrected chi connectivity index (χ4v) is 4.68. The van der Waals surface area contributed by atoms with Crippen molar-refractivity contribution in [2.75, 3.05) is 59.7 Å². The Morgan fingerprint density at radius 3 is 2.59 bits per heavy atom. The lowest BCUT2D eigenvalue weighted by molar-refractivity contribution is 0.201. The summed E-state index contributed by atoms with van der Waals surface area (Å²) in [4.78, 5) is 2.20. The highest BCUT2D eigenvalue weighted by molar-refractivity contribution is 7.89. The molecular weight excluding hydrogens is 390 g/mol. The summed E-state index contributed by atoms with van der Waals surface area (Å²) >= 11 is 5.35. The van der Waals surface area contributed by atoms with Crippen molar-refractivity contribution in [3.05, 3.63) is 18.2 Å². The van der Waals surface area contributed by atoms with Crippen molar-refractivity contribution in [1.82, 2.24) is 14.5 Å². The van der Waals surface area contributed by atoms with Crippen molar-refractivity contribution in [3.8, 4) is 11.5 Å². The second-order valence-electron chi connectivity index (χ2n) is 6.27. The minimum atomic E-state index is -3.59. The molecule has 27 heavy (non-hydrogen) atoms. The second kappa shape index (κ2) is 9.05. The maximum atomic E-state index is 13.0. The zero-order chi connectivity index (χ0) is 19.3. The third kappa shape index (κ3) is 4.81. The van der Waals surface area contributed by atoms with Gasteiger partial charge >= 0.3 is 0 Å². The van der Waals surface area contributed by atoms with E-state index < -0.39 is 10.0 Å². The van der Waals surface area contributed by atoms with E-state index in [4.69, 9.17) is 26.4 Å². The molecule has 1 aromatic carbocycles. The third-order valence-electron chi connectivity index (χ3n) is 4.47. The first-order valence-corrected chi connectivity index (χ1v) is 10.8. The Labute approximate surface area is 165 Å². The van der Waals surface area contributed by atoms with Gasteiger partial charge in [-0.05, 0) is 24.4 Å². The van der Waals surface area contributed by atoms with Crippen LogP contribution < -0.4 is 14.8 Å². The average Bonchev–Trinajstić information content (AvgIpc) is 2.93. The molecule has 150 valence electrons. The Hall–Kier alpha value is -1.62. The average molecular weight is 416 g/mol. The van der Waals surface area contributed by atoms with Gasteiger partial charge in [-0.25, -0.2) is 8.42 Å².